The molecule has 0 bridgehead atoms. The van der Waals surface area contributed by atoms with Crippen LogP contribution in [0.15, 0.2) is 0 Å². The van der Waals surface area contributed by atoms with E-state index in [9.17, 15) is 9.59 Å². The van der Waals surface area contributed by atoms with E-state index in [1.165, 1.54) is 6.42 Å². The molecule has 0 aliphatic carbocycles. The average Bonchev–Trinajstić information content (AvgIpc) is 2.44. The first-order chi connectivity index (χ1) is 9.51. The number of carbonyl (C=O) groups excluding carboxylic acids is 1. The molecule has 1 fully saturated rings. The Morgan fingerprint density at radius 3 is 2.60 bits per heavy atom. The van der Waals surface area contributed by atoms with Gasteiger partial charge in [0.25, 0.3) is 0 Å². The normalized spacial score (nSPS) is 20.6. The van der Waals surface area contributed by atoms with E-state index in [2.05, 4.69) is 6.92 Å². The molecule has 116 valence electrons. The first-order valence-corrected chi connectivity index (χ1v) is 7.79. The summed E-state index contributed by atoms with van der Waals surface area (Å²) in [6.07, 6.45) is 5.43. The Morgan fingerprint density at radius 1 is 1.35 bits per heavy atom. The van der Waals surface area contributed by atoms with Crippen molar-refractivity contribution in [2.45, 2.75) is 58.9 Å². The van der Waals surface area contributed by atoms with Crippen molar-refractivity contribution in [1.82, 2.24) is 9.80 Å². The van der Waals surface area contributed by atoms with Crippen LogP contribution in [0.25, 0.3) is 0 Å². The van der Waals surface area contributed by atoms with Gasteiger partial charge in [-0.25, -0.2) is 4.79 Å². The number of piperidine rings is 1. The summed E-state index contributed by atoms with van der Waals surface area (Å²) in [7, 11) is 0. The van der Waals surface area contributed by atoms with E-state index in [4.69, 9.17) is 5.11 Å². The Balaban J connectivity index is 2.69. The van der Waals surface area contributed by atoms with Gasteiger partial charge in [-0.15, -0.1) is 0 Å². The Hall–Kier alpha value is -1.26. The van der Waals surface area contributed by atoms with Crippen molar-refractivity contribution in [2.75, 3.05) is 19.6 Å². The fourth-order valence-corrected chi connectivity index (χ4v) is 2.82. The van der Waals surface area contributed by atoms with E-state index in [0.717, 1.165) is 32.2 Å². The molecule has 1 saturated heterocycles. The summed E-state index contributed by atoms with van der Waals surface area (Å²) >= 11 is 0. The number of likely N-dealkylation sites (tertiary alicyclic amines) is 1. The van der Waals surface area contributed by atoms with Gasteiger partial charge in [0.15, 0.2) is 0 Å². The maximum atomic E-state index is 12.6. The minimum Gasteiger partial charge on any atom is -0.481 e. The smallest absolute Gasteiger partial charge is 0.320 e. The zero-order valence-corrected chi connectivity index (χ0v) is 13.0. The molecule has 2 atom stereocenters. The van der Waals surface area contributed by atoms with Crippen LogP contribution < -0.4 is 0 Å². The molecule has 0 saturated carbocycles. The summed E-state index contributed by atoms with van der Waals surface area (Å²) in [5, 5.41) is 9.00. The minimum absolute atomic E-state index is 0.0127. The predicted octanol–water partition coefficient (Wildman–Crippen LogP) is 2.80. The Labute approximate surface area is 121 Å². The number of urea groups is 1. The van der Waals surface area contributed by atoms with E-state index in [-0.39, 0.29) is 6.03 Å². The first-order valence-electron chi connectivity index (χ1n) is 7.79. The molecule has 20 heavy (non-hydrogen) atoms. The van der Waals surface area contributed by atoms with Crippen molar-refractivity contribution < 1.29 is 14.7 Å². The first kappa shape index (κ1) is 16.8. The number of carbonyl (C=O) groups is 2. The van der Waals surface area contributed by atoms with Gasteiger partial charge in [0.1, 0.15) is 0 Å². The van der Waals surface area contributed by atoms with Gasteiger partial charge >= 0.3 is 12.0 Å². The van der Waals surface area contributed by atoms with Crippen LogP contribution in [-0.2, 0) is 4.79 Å². The van der Waals surface area contributed by atoms with Crippen molar-refractivity contribution in [3.05, 3.63) is 0 Å². The van der Waals surface area contributed by atoms with Gasteiger partial charge in [-0.2, -0.15) is 0 Å². The van der Waals surface area contributed by atoms with Crippen molar-refractivity contribution in [3.63, 3.8) is 0 Å². The lowest BCUT2D eigenvalue weighted by atomic mass is 9.98. The molecule has 1 N–H and O–H groups in total. The highest BCUT2D eigenvalue weighted by Gasteiger charge is 2.30. The fourth-order valence-electron chi connectivity index (χ4n) is 2.82. The molecular formula is C15H28N2O3. The topological polar surface area (TPSA) is 60.9 Å². The lowest BCUT2D eigenvalue weighted by Crippen LogP contribution is -2.51. The largest absolute Gasteiger partial charge is 0.481 e. The average molecular weight is 284 g/mol. The van der Waals surface area contributed by atoms with Gasteiger partial charge in [0, 0.05) is 25.7 Å². The third-order valence-corrected chi connectivity index (χ3v) is 4.06. The van der Waals surface area contributed by atoms with Gasteiger partial charge < -0.3 is 14.9 Å². The number of nitrogens with zero attached hydrogens (tertiary/aromatic N) is 2. The molecule has 0 aromatic rings. The van der Waals surface area contributed by atoms with Crippen molar-refractivity contribution in [2.24, 2.45) is 5.92 Å². The number of hydrogen-bond acceptors (Lipinski definition) is 2. The van der Waals surface area contributed by atoms with Crippen molar-refractivity contribution in [3.8, 4) is 0 Å². The second-order valence-corrected chi connectivity index (χ2v) is 5.69. The van der Waals surface area contributed by atoms with Crippen LogP contribution in [-0.4, -0.2) is 52.6 Å². The molecule has 0 spiro atoms. The number of rotatable bonds is 6. The standard InChI is InChI=1S/C15H28N2O3/c1-4-8-13-9-6-7-10-17(13)15(20)16(5-2)11-12(3)14(18)19/h12-13H,4-11H2,1-3H3,(H,18,19). The van der Waals surface area contributed by atoms with E-state index in [1.807, 2.05) is 11.8 Å². The van der Waals surface area contributed by atoms with E-state index < -0.39 is 11.9 Å². The molecule has 0 radical (unpaired) electrons. The molecule has 2 unspecified atom stereocenters. The summed E-state index contributed by atoms with van der Waals surface area (Å²) in [4.78, 5) is 27.2. The van der Waals surface area contributed by atoms with E-state index in [0.29, 0.717) is 19.1 Å². The highest BCUT2D eigenvalue weighted by molar-refractivity contribution is 5.76. The Morgan fingerprint density at radius 2 is 2.05 bits per heavy atom. The lowest BCUT2D eigenvalue weighted by Gasteiger charge is -2.39. The molecule has 2 amide bonds. The van der Waals surface area contributed by atoms with Gasteiger partial charge in [-0.05, 0) is 32.6 Å². The van der Waals surface area contributed by atoms with Crippen molar-refractivity contribution >= 4 is 12.0 Å². The molecule has 1 heterocycles. The molecule has 0 aromatic heterocycles. The summed E-state index contributed by atoms with van der Waals surface area (Å²) in [6.45, 7) is 7.36. The number of carboxylic acid groups (broad SMARTS) is 1. The van der Waals surface area contributed by atoms with Crippen LogP contribution in [0.5, 0.6) is 0 Å². The molecule has 1 rings (SSSR count). The van der Waals surface area contributed by atoms with Gasteiger partial charge in [0.05, 0.1) is 5.92 Å². The Kier molecular flexibility index (Phi) is 6.82. The Bertz CT molecular complexity index is 331. The highest BCUT2D eigenvalue weighted by atomic mass is 16.4. The number of hydrogen-bond donors (Lipinski definition) is 1. The second kappa shape index (κ2) is 8.12. The third kappa shape index (κ3) is 4.39. The lowest BCUT2D eigenvalue weighted by molar-refractivity contribution is -0.141. The molecule has 0 aromatic carbocycles. The van der Waals surface area contributed by atoms with Crippen LogP contribution >= 0.6 is 0 Å². The molecule has 1 aliphatic rings. The molecule has 1 aliphatic heterocycles. The molecule has 5 nitrogen and oxygen atoms in total. The zero-order valence-electron chi connectivity index (χ0n) is 13.0. The maximum absolute atomic E-state index is 12.6. The summed E-state index contributed by atoms with van der Waals surface area (Å²) in [5.41, 5.74) is 0. The maximum Gasteiger partial charge on any atom is 0.320 e. The van der Waals surface area contributed by atoms with E-state index in [1.54, 1.807) is 11.8 Å². The quantitative estimate of drug-likeness (QED) is 0.816. The molecule has 5 heteroatoms. The zero-order chi connectivity index (χ0) is 15.1. The van der Waals surface area contributed by atoms with Gasteiger partial charge in [0.2, 0.25) is 0 Å². The SMILES string of the molecule is CCCC1CCCCN1C(=O)N(CC)CC(C)C(=O)O. The van der Waals surface area contributed by atoms with Crippen molar-refractivity contribution in [1.29, 1.82) is 0 Å². The monoisotopic (exact) mass is 284 g/mol. The van der Waals surface area contributed by atoms with Gasteiger partial charge in [-0.1, -0.05) is 20.3 Å². The highest BCUT2D eigenvalue weighted by Crippen LogP contribution is 2.22. The van der Waals surface area contributed by atoms with Crippen LogP contribution in [0.2, 0.25) is 0 Å². The van der Waals surface area contributed by atoms with Crippen LogP contribution in [0.1, 0.15) is 52.9 Å². The summed E-state index contributed by atoms with van der Waals surface area (Å²) in [6, 6.07) is 0.342. The van der Waals surface area contributed by atoms with Crippen LogP contribution in [0.4, 0.5) is 4.79 Å². The van der Waals surface area contributed by atoms with Gasteiger partial charge in [-0.3, -0.25) is 4.79 Å². The third-order valence-electron chi connectivity index (χ3n) is 4.06. The minimum atomic E-state index is -0.847. The predicted molar refractivity (Wildman–Crippen MR) is 78.7 cm³/mol. The number of amides is 2. The van der Waals surface area contributed by atoms with E-state index >= 15 is 0 Å². The number of aliphatic carboxylic acids is 1. The summed E-state index contributed by atoms with van der Waals surface area (Å²) < 4.78 is 0. The van der Waals surface area contributed by atoms with Crippen LogP contribution in [0.3, 0.4) is 0 Å². The molecular weight excluding hydrogens is 256 g/mol. The fraction of sp³-hybridized carbons (Fsp3) is 0.867. The summed E-state index contributed by atoms with van der Waals surface area (Å²) in [5.74, 6) is -1.37. The van der Waals surface area contributed by atoms with Crippen LogP contribution in [0, 0.1) is 5.92 Å². The second-order valence-electron chi connectivity index (χ2n) is 5.69. The number of carboxylic acids is 1.